The van der Waals surface area contributed by atoms with Gasteiger partial charge in [0.1, 0.15) is 0 Å². The van der Waals surface area contributed by atoms with Gasteiger partial charge in [0.15, 0.2) is 0 Å². The molecule has 0 spiro atoms. The van der Waals surface area contributed by atoms with E-state index in [1.54, 1.807) is 0 Å². The average Bonchev–Trinajstić information content (AvgIpc) is 2.50. The van der Waals surface area contributed by atoms with Gasteiger partial charge >= 0.3 is 0 Å². The molecule has 0 saturated heterocycles. The number of ether oxygens (including phenoxy) is 1. The van der Waals surface area contributed by atoms with Crippen LogP contribution in [0.15, 0.2) is 42.5 Å². The number of fused-ring (bicyclic) bond motifs is 1. The summed E-state index contributed by atoms with van der Waals surface area (Å²) >= 11 is 0. The van der Waals surface area contributed by atoms with E-state index in [1.165, 1.54) is 22.8 Å². The van der Waals surface area contributed by atoms with Gasteiger partial charge in [-0.25, -0.2) is 0 Å². The molecule has 2 rings (SSSR count). The van der Waals surface area contributed by atoms with Gasteiger partial charge in [0.2, 0.25) is 0 Å². The summed E-state index contributed by atoms with van der Waals surface area (Å²) in [5.41, 5.74) is 1.32. The zero-order chi connectivity index (χ0) is 15.1. The largest absolute Gasteiger partial charge is 0.379 e. The lowest BCUT2D eigenvalue weighted by molar-refractivity contribution is 0.108. The van der Waals surface area contributed by atoms with Gasteiger partial charge in [-0.05, 0) is 42.1 Å². The lowest BCUT2D eigenvalue weighted by Crippen LogP contribution is -2.22. The van der Waals surface area contributed by atoms with E-state index in [4.69, 9.17) is 4.74 Å². The highest BCUT2D eigenvalue weighted by Gasteiger charge is 2.12. The first kappa shape index (κ1) is 16.0. The summed E-state index contributed by atoms with van der Waals surface area (Å²) < 4.78 is 5.88. The van der Waals surface area contributed by atoms with Gasteiger partial charge in [0.05, 0.1) is 12.6 Å². The van der Waals surface area contributed by atoms with Crippen molar-refractivity contribution in [2.45, 2.75) is 32.7 Å². The highest BCUT2D eigenvalue weighted by molar-refractivity contribution is 5.86. The highest BCUT2D eigenvalue weighted by Crippen LogP contribution is 2.24. The molecule has 0 aliphatic rings. The van der Waals surface area contributed by atoms with Crippen LogP contribution in [0, 0.1) is 5.92 Å². The SMILES string of the molecule is CNC(COCCCC(C)C)c1cccc2ccccc12. The van der Waals surface area contributed by atoms with Crippen LogP contribution in [-0.2, 0) is 4.74 Å². The topological polar surface area (TPSA) is 21.3 Å². The average molecular weight is 285 g/mol. The molecule has 0 aliphatic heterocycles. The van der Waals surface area contributed by atoms with Gasteiger partial charge < -0.3 is 10.1 Å². The molecule has 0 amide bonds. The Morgan fingerprint density at radius 2 is 1.81 bits per heavy atom. The van der Waals surface area contributed by atoms with E-state index in [2.05, 4.69) is 61.6 Å². The van der Waals surface area contributed by atoms with Crippen LogP contribution in [0.2, 0.25) is 0 Å². The van der Waals surface area contributed by atoms with Crippen LogP contribution >= 0.6 is 0 Å². The molecule has 2 aromatic carbocycles. The van der Waals surface area contributed by atoms with Gasteiger partial charge in [-0.15, -0.1) is 0 Å². The standard InChI is InChI=1S/C19H27NO/c1-15(2)8-7-13-21-14-19(20-3)18-12-6-10-16-9-4-5-11-17(16)18/h4-6,9-12,15,19-20H,7-8,13-14H2,1-3H3. The number of hydrogen-bond donors (Lipinski definition) is 1. The second-order valence-electron chi connectivity index (χ2n) is 6.02. The monoisotopic (exact) mass is 285 g/mol. The Hall–Kier alpha value is -1.38. The van der Waals surface area contributed by atoms with Crippen molar-refractivity contribution in [3.8, 4) is 0 Å². The van der Waals surface area contributed by atoms with Gasteiger partial charge in [0, 0.05) is 6.61 Å². The molecule has 114 valence electrons. The van der Waals surface area contributed by atoms with Gasteiger partial charge in [-0.1, -0.05) is 56.3 Å². The van der Waals surface area contributed by atoms with Crippen LogP contribution in [-0.4, -0.2) is 20.3 Å². The Bertz CT molecular complexity index is 545. The molecule has 0 radical (unpaired) electrons. The predicted octanol–water partition coefficient (Wildman–Crippen LogP) is 4.55. The first-order valence-corrected chi connectivity index (χ1v) is 7.95. The Kier molecular flexibility index (Phi) is 6.21. The molecular formula is C19H27NO. The van der Waals surface area contributed by atoms with Crippen LogP contribution in [0.4, 0.5) is 0 Å². The van der Waals surface area contributed by atoms with Crippen LogP contribution in [0.1, 0.15) is 38.3 Å². The molecule has 0 fully saturated rings. The van der Waals surface area contributed by atoms with Gasteiger partial charge in [0.25, 0.3) is 0 Å². The first-order chi connectivity index (χ1) is 10.2. The maximum absolute atomic E-state index is 5.88. The summed E-state index contributed by atoms with van der Waals surface area (Å²) in [5.74, 6) is 0.756. The van der Waals surface area contributed by atoms with E-state index >= 15 is 0 Å². The third-order valence-electron chi connectivity index (χ3n) is 3.90. The zero-order valence-corrected chi connectivity index (χ0v) is 13.4. The maximum Gasteiger partial charge on any atom is 0.0661 e. The van der Waals surface area contributed by atoms with E-state index in [9.17, 15) is 0 Å². The smallest absolute Gasteiger partial charge is 0.0661 e. The third-order valence-corrected chi connectivity index (χ3v) is 3.90. The zero-order valence-electron chi connectivity index (χ0n) is 13.4. The molecule has 0 heterocycles. The molecule has 0 aliphatic carbocycles. The fraction of sp³-hybridized carbons (Fsp3) is 0.474. The summed E-state index contributed by atoms with van der Waals surface area (Å²) in [5, 5.41) is 5.98. The minimum atomic E-state index is 0.246. The molecule has 1 unspecified atom stereocenters. The first-order valence-electron chi connectivity index (χ1n) is 7.95. The third kappa shape index (κ3) is 4.55. The second kappa shape index (κ2) is 8.16. The summed E-state index contributed by atoms with van der Waals surface area (Å²) in [4.78, 5) is 0. The van der Waals surface area contributed by atoms with E-state index in [0.717, 1.165) is 25.6 Å². The molecule has 1 N–H and O–H groups in total. The summed E-state index contributed by atoms with van der Waals surface area (Å²) in [7, 11) is 2.00. The van der Waals surface area contributed by atoms with Gasteiger partial charge in [-0.2, -0.15) is 0 Å². The summed E-state index contributed by atoms with van der Waals surface area (Å²) in [6, 6.07) is 15.3. The Morgan fingerprint density at radius 1 is 1.05 bits per heavy atom. The number of likely N-dealkylation sites (N-methyl/N-ethyl adjacent to an activating group) is 1. The molecule has 0 bridgehead atoms. The van der Waals surface area contributed by atoms with Crippen molar-refractivity contribution in [1.29, 1.82) is 0 Å². The lowest BCUT2D eigenvalue weighted by Gasteiger charge is -2.19. The quantitative estimate of drug-likeness (QED) is 0.718. The highest BCUT2D eigenvalue weighted by atomic mass is 16.5. The fourth-order valence-electron chi connectivity index (χ4n) is 2.68. The number of nitrogens with one attached hydrogen (secondary N) is 1. The van der Waals surface area contributed by atoms with E-state index in [-0.39, 0.29) is 6.04 Å². The number of benzene rings is 2. The van der Waals surface area contributed by atoms with Crippen molar-refractivity contribution in [2.24, 2.45) is 5.92 Å². The van der Waals surface area contributed by atoms with Crippen LogP contribution in [0.3, 0.4) is 0 Å². The van der Waals surface area contributed by atoms with Crippen molar-refractivity contribution in [2.75, 3.05) is 20.3 Å². The molecule has 2 heteroatoms. The van der Waals surface area contributed by atoms with Crippen molar-refractivity contribution < 1.29 is 4.74 Å². The normalized spacial score (nSPS) is 13.0. The second-order valence-corrected chi connectivity index (χ2v) is 6.02. The molecule has 0 aromatic heterocycles. The Balaban J connectivity index is 1.99. The Labute approximate surface area is 128 Å². The van der Waals surface area contributed by atoms with Crippen LogP contribution < -0.4 is 5.32 Å². The molecule has 0 saturated carbocycles. The van der Waals surface area contributed by atoms with Crippen molar-refractivity contribution in [3.63, 3.8) is 0 Å². The van der Waals surface area contributed by atoms with Crippen LogP contribution in [0.5, 0.6) is 0 Å². The minimum absolute atomic E-state index is 0.246. The van der Waals surface area contributed by atoms with Crippen molar-refractivity contribution >= 4 is 10.8 Å². The van der Waals surface area contributed by atoms with E-state index in [1.807, 2.05) is 7.05 Å². The molecule has 1 atom stereocenters. The van der Waals surface area contributed by atoms with E-state index in [0.29, 0.717) is 0 Å². The molecule has 21 heavy (non-hydrogen) atoms. The Morgan fingerprint density at radius 3 is 2.57 bits per heavy atom. The van der Waals surface area contributed by atoms with Crippen LogP contribution in [0.25, 0.3) is 10.8 Å². The van der Waals surface area contributed by atoms with E-state index < -0.39 is 0 Å². The fourth-order valence-corrected chi connectivity index (χ4v) is 2.68. The van der Waals surface area contributed by atoms with Crippen molar-refractivity contribution in [3.05, 3.63) is 48.0 Å². The molecular weight excluding hydrogens is 258 g/mol. The minimum Gasteiger partial charge on any atom is -0.379 e. The van der Waals surface area contributed by atoms with Gasteiger partial charge in [-0.3, -0.25) is 0 Å². The predicted molar refractivity (Wildman–Crippen MR) is 90.6 cm³/mol. The number of rotatable bonds is 8. The van der Waals surface area contributed by atoms with Crippen molar-refractivity contribution in [1.82, 2.24) is 5.32 Å². The molecule has 2 nitrogen and oxygen atoms in total. The number of hydrogen-bond acceptors (Lipinski definition) is 2. The summed E-state index contributed by atoms with van der Waals surface area (Å²) in [6.07, 6.45) is 2.38. The summed E-state index contributed by atoms with van der Waals surface area (Å²) in [6.45, 7) is 6.09. The maximum atomic E-state index is 5.88. The molecule has 2 aromatic rings. The lowest BCUT2D eigenvalue weighted by atomic mass is 9.99.